The summed E-state index contributed by atoms with van der Waals surface area (Å²) >= 11 is 5.90. The lowest BCUT2D eigenvalue weighted by Gasteiger charge is -2.22. The first kappa shape index (κ1) is 10.9. The molecule has 3 heteroatoms. The Bertz CT molecular complexity index is 364. The van der Waals surface area contributed by atoms with Gasteiger partial charge in [0.2, 0.25) is 0 Å². The lowest BCUT2D eigenvalue weighted by Crippen LogP contribution is -2.25. The number of aliphatic hydroxyl groups excluding tert-OH is 1. The number of hydrogen-bond donors (Lipinski definition) is 2. The lowest BCUT2D eigenvalue weighted by molar-refractivity contribution is 0.0889. The minimum Gasteiger partial charge on any atom is -0.388 e. The van der Waals surface area contributed by atoms with E-state index in [0.29, 0.717) is 17.5 Å². The molecule has 0 spiro atoms. The normalized spacial score (nSPS) is 31.3. The van der Waals surface area contributed by atoms with Crippen molar-refractivity contribution in [3.05, 3.63) is 34.9 Å². The number of nitrogens with two attached hydrogens (primary N) is 1. The van der Waals surface area contributed by atoms with Crippen molar-refractivity contribution in [2.24, 2.45) is 17.1 Å². The minimum atomic E-state index is -0.490. The number of rotatable bonds is 3. The Labute approximate surface area is 95.1 Å². The highest BCUT2D eigenvalue weighted by Crippen LogP contribution is 2.59. The lowest BCUT2D eigenvalue weighted by atomic mass is 9.91. The van der Waals surface area contributed by atoms with Crippen LogP contribution < -0.4 is 5.73 Å². The maximum absolute atomic E-state index is 10.3. The fourth-order valence-corrected chi connectivity index (χ4v) is 2.50. The standard InChI is InChI=1S/C12H16ClNO/c1-8-6-12(8,7-14)11(15)9-3-2-4-10(13)5-9/h2-5,8,11,15H,6-7,14H2,1H3/t8-,11-,12+/m0/s1. The molecule has 3 atom stereocenters. The van der Waals surface area contributed by atoms with E-state index < -0.39 is 6.10 Å². The van der Waals surface area contributed by atoms with E-state index >= 15 is 0 Å². The second-order valence-corrected chi connectivity index (χ2v) is 4.94. The Morgan fingerprint density at radius 2 is 2.33 bits per heavy atom. The quantitative estimate of drug-likeness (QED) is 0.830. The summed E-state index contributed by atoms with van der Waals surface area (Å²) < 4.78 is 0. The van der Waals surface area contributed by atoms with Crippen LogP contribution in [0.15, 0.2) is 24.3 Å². The van der Waals surface area contributed by atoms with Crippen molar-refractivity contribution in [1.29, 1.82) is 0 Å². The van der Waals surface area contributed by atoms with Crippen LogP contribution in [0.25, 0.3) is 0 Å². The fraction of sp³-hybridized carbons (Fsp3) is 0.500. The van der Waals surface area contributed by atoms with E-state index in [1.165, 1.54) is 0 Å². The monoisotopic (exact) mass is 225 g/mol. The Morgan fingerprint density at radius 1 is 1.67 bits per heavy atom. The van der Waals surface area contributed by atoms with Crippen molar-refractivity contribution in [3.63, 3.8) is 0 Å². The van der Waals surface area contributed by atoms with E-state index in [-0.39, 0.29) is 5.41 Å². The molecule has 1 aliphatic rings. The van der Waals surface area contributed by atoms with E-state index in [0.717, 1.165) is 12.0 Å². The molecule has 0 radical (unpaired) electrons. The topological polar surface area (TPSA) is 46.2 Å². The third-order valence-electron chi connectivity index (χ3n) is 3.60. The van der Waals surface area contributed by atoms with E-state index in [4.69, 9.17) is 17.3 Å². The van der Waals surface area contributed by atoms with Gasteiger partial charge in [-0.15, -0.1) is 0 Å². The van der Waals surface area contributed by atoms with E-state index in [1.807, 2.05) is 24.3 Å². The van der Waals surface area contributed by atoms with Crippen LogP contribution in [0, 0.1) is 11.3 Å². The van der Waals surface area contributed by atoms with Gasteiger partial charge in [0, 0.05) is 17.0 Å². The number of hydrogen-bond acceptors (Lipinski definition) is 2. The average molecular weight is 226 g/mol. The molecule has 1 aromatic rings. The van der Waals surface area contributed by atoms with Gasteiger partial charge in [-0.2, -0.15) is 0 Å². The highest BCUT2D eigenvalue weighted by Gasteiger charge is 2.55. The van der Waals surface area contributed by atoms with Gasteiger partial charge >= 0.3 is 0 Å². The summed E-state index contributed by atoms with van der Waals surface area (Å²) in [6.45, 7) is 2.66. The van der Waals surface area contributed by atoms with Gasteiger partial charge in [-0.3, -0.25) is 0 Å². The summed E-state index contributed by atoms with van der Waals surface area (Å²) in [6.07, 6.45) is 0.508. The van der Waals surface area contributed by atoms with Gasteiger partial charge in [0.25, 0.3) is 0 Å². The van der Waals surface area contributed by atoms with Crippen LogP contribution in [0.2, 0.25) is 5.02 Å². The largest absolute Gasteiger partial charge is 0.388 e. The zero-order valence-corrected chi connectivity index (χ0v) is 9.54. The molecule has 15 heavy (non-hydrogen) atoms. The first-order valence-electron chi connectivity index (χ1n) is 5.24. The Balaban J connectivity index is 2.25. The van der Waals surface area contributed by atoms with Crippen molar-refractivity contribution < 1.29 is 5.11 Å². The maximum Gasteiger partial charge on any atom is 0.0861 e. The Hall–Kier alpha value is -0.570. The fourth-order valence-electron chi connectivity index (χ4n) is 2.30. The summed E-state index contributed by atoms with van der Waals surface area (Å²) in [5.74, 6) is 0.497. The predicted molar refractivity (Wildman–Crippen MR) is 61.7 cm³/mol. The number of aliphatic hydroxyl groups is 1. The molecule has 0 unspecified atom stereocenters. The molecule has 1 aromatic carbocycles. The van der Waals surface area contributed by atoms with Crippen LogP contribution in [0.5, 0.6) is 0 Å². The second kappa shape index (κ2) is 3.78. The van der Waals surface area contributed by atoms with Gasteiger partial charge in [-0.1, -0.05) is 30.7 Å². The molecule has 0 aromatic heterocycles. The summed E-state index contributed by atoms with van der Waals surface area (Å²) in [5.41, 5.74) is 6.49. The van der Waals surface area contributed by atoms with Crippen LogP contribution in [-0.2, 0) is 0 Å². The summed E-state index contributed by atoms with van der Waals surface area (Å²) in [4.78, 5) is 0. The van der Waals surface area contributed by atoms with Gasteiger partial charge in [-0.25, -0.2) is 0 Å². The Morgan fingerprint density at radius 3 is 2.80 bits per heavy atom. The van der Waals surface area contributed by atoms with Gasteiger partial charge < -0.3 is 10.8 Å². The van der Waals surface area contributed by atoms with Gasteiger partial charge in [0.1, 0.15) is 0 Å². The number of benzene rings is 1. The summed E-state index contributed by atoms with van der Waals surface area (Å²) in [5, 5.41) is 10.9. The molecule has 0 saturated heterocycles. The van der Waals surface area contributed by atoms with E-state index in [9.17, 15) is 5.11 Å². The predicted octanol–water partition coefficient (Wildman–Crippen LogP) is 2.36. The minimum absolute atomic E-state index is 0.120. The molecule has 0 heterocycles. The molecule has 0 amide bonds. The molecule has 1 fully saturated rings. The first-order valence-corrected chi connectivity index (χ1v) is 5.61. The highest BCUT2D eigenvalue weighted by atomic mass is 35.5. The molecule has 0 bridgehead atoms. The summed E-state index contributed by atoms with van der Waals surface area (Å²) in [7, 11) is 0. The zero-order chi connectivity index (χ0) is 11.1. The van der Waals surface area contributed by atoms with Crippen LogP contribution in [-0.4, -0.2) is 11.7 Å². The van der Waals surface area contributed by atoms with Gasteiger partial charge in [0.05, 0.1) is 6.10 Å². The molecule has 2 nitrogen and oxygen atoms in total. The van der Waals surface area contributed by atoms with Crippen molar-refractivity contribution in [3.8, 4) is 0 Å². The third kappa shape index (κ3) is 1.78. The molecule has 82 valence electrons. The molecule has 1 saturated carbocycles. The zero-order valence-electron chi connectivity index (χ0n) is 8.78. The molecular formula is C12H16ClNO. The molecular weight excluding hydrogens is 210 g/mol. The molecule has 2 rings (SSSR count). The molecule has 1 aliphatic carbocycles. The smallest absolute Gasteiger partial charge is 0.0861 e. The van der Waals surface area contributed by atoms with Gasteiger partial charge in [-0.05, 0) is 30.0 Å². The first-order chi connectivity index (χ1) is 7.10. The molecule has 0 aliphatic heterocycles. The van der Waals surface area contributed by atoms with E-state index in [1.54, 1.807) is 0 Å². The van der Waals surface area contributed by atoms with Crippen LogP contribution in [0.4, 0.5) is 0 Å². The van der Waals surface area contributed by atoms with Crippen molar-refractivity contribution in [1.82, 2.24) is 0 Å². The van der Waals surface area contributed by atoms with Crippen molar-refractivity contribution in [2.45, 2.75) is 19.4 Å². The molecule has 3 N–H and O–H groups in total. The van der Waals surface area contributed by atoms with Crippen molar-refractivity contribution >= 4 is 11.6 Å². The van der Waals surface area contributed by atoms with E-state index in [2.05, 4.69) is 6.92 Å². The maximum atomic E-state index is 10.3. The SMILES string of the molecule is C[C@H]1C[C@]1(CN)[C@@H](O)c1cccc(Cl)c1. The van der Waals surface area contributed by atoms with Crippen LogP contribution >= 0.6 is 11.6 Å². The van der Waals surface area contributed by atoms with Crippen molar-refractivity contribution in [2.75, 3.05) is 6.54 Å². The number of halogens is 1. The van der Waals surface area contributed by atoms with Crippen LogP contribution in [0.1, 0.15) is 25.0 Å². The van der Waals surface area contributed by atoms with Crippen LogP contribution in [0.3, 0.4) is 0 Å². The third-order valence-corrected chi connectivity index (χ3v) is 3.83. The highest BCUT2D eigenvalue weighted by molar-refractivity contribution is 6.30. The average Bonchev–Trinajstić information content (AvgIpc) is 2.90. The Kier molecular flexibility index (Phi) is 2.75. The second-order valence-electron chi connectivity index (χ2n) is 4.50. The van der Waals surface area contributed by atoms with Gasteiger partial charge in [0.15, 0.2) is 0 Å². The summed E-state index contributed by atoms with van der Waals surface area (Å²) in [6, 6.07) is 7.38.